The van der Waals surface area contributed by atoms with Crippen LogP contribution in [-0.4, -0.2) is 29.6 Å². The fourth-order valence-corrected chi connectivity index (χ4v) is 2.95. The minimum absolute atomic E-state index is 0.839. The number of hydrogen-bond acceptors (Lipinski definition) is 5. The van der Waals surface area contributed by atoms with Crippen molar-refractivity contribution in [3.05, 3.63) is 90.4 Å². The minimum Gasteiger partial charge on any atom is -0.311 e. The molecule has 0 atom stereocenters. The molecule has 0 aliphatic rings. The molecule has 3 aromatic rings. The van der Waals surface area contributed by atoms with E-state index in [0.717, 1.165) is 37.6 Å². The topological polar surface area (TPSA) is 57.5 Å². The Labute approximate surface area is 172 Å². The number of benzene rings is 2. The van der Waals surface area contributed by atoms with Crippen LogP contribution in [-0.2, 0) is 13.1 Å². The van der Waals surface area contributed by atoms with Gasteiger partial charge in [0.05, 0.1) is 11.4 Å². The number of hydrogen-bond donors (Lipinski definition) is 2. The lowest BCUT2D eigenvalue weighted by molar-refractivity contribution is 0.611. The maximum absolute atomic E-state index is 4.24. The fourth-order valence-electron chi connectivity index (χ4n) is 2.95. The van der Waals surface area contributed by atoms with Gasteiger partial charge >= 0.3 is 0 Å². The molecule has 0 radical (unpaired) electrons. The molecular weight excluding hydrogens is 360 g/mol. The Kier molecular flexibility index (Phi) is 7.74. The monoisotopic (exact) mass is 388 g/mol. The van der Waals surface area contributed by atoms with Crippen LogP contribution >= 0.6 is 0 Å². The van der Waals surface area contributed by atoms with Gasteiger partial charge in [0.2, 0.25) is 0 Å². The van der Waals surface area contributed by atoms with Gasteiger partial charge in [-0.25, -0.2) is 9.69 Å². The molecule has 0 aliphatic carbocycles. The predicted octanol–water partition coefficient (Wildman–Crippen LogP) is 3.71. The van der Waals surface area contributed by atoms with Crippen molar-refractivity contribution in [3.63, 3.8) is 0 Å². The molecule has 6 nitrogen and oxygen atoms in total. The lowest BCUT2D eigenvalue weighted by Crippen LogP contribution is -2.26. The molecule has 29 heavy (non-hydrogen) atoms. The van der Waals surface area contributed by atoms with Crippen molar-refractivity contribution >= 4 is 12.4 Å². The van der Waals surface area contributed by atoms with Crippen molar-refractivity contribution in [2.24, 2.45) is 5.10 Å². The Balaban J connectivity index is 1.34. The molecule has 1 aromatic heterocycles. The molecule has 3 rings (SSSR count). The zero-order valence-electron chi connectivity index (χ0n) is 16.8. The van der Waals surface area contributed by atoms with Crippen LogP contribution < -0.4 is 15.6 Å². The van der Waals surface area contributed by atoms with Crippen LogP contribution in [0, 0.1) is 0 Å². The summed E-state index contributed by atoms with van der Waals surface area (Å²) in [5.74, 6) is 0. The molecule has 2 N–H and O–H groups in total. The van der Waals surface area contributed by atoms with E-state index in [4.69, 9.17) is 0 Å². The number of anilines is 1. The van der Waals surface area contributed by atoms with Crippen LogP contribution in [0.1, 0.15) is 18.1 Å². The molecule has 1 heterocycles. The van der Waals surface area contributed by atoms with Crippen LogP contribution in [0.15, 0.2) is 84.4 Å². The standard InChI is InChI=1S/C23H28N6/c1-3-16-28(24-2)22-9-5-20(6-10-22)18-25-14-15-26-19-21-7-11-23(12-8-21)29-17-4-13-27-29/h3-13,16-17,25-26H,2,14-15,18-19H2,1H3. The largest absolute Gasteiger partial charge is 0.311 e. The summed E-state index contributed by atoms with van der Waals surface area (Å²) in [7, 11) is 0. The van der Waals surface area contributed by atoms with Crippen molar-refractivity contribution in [1.82, 2.24) is 20.4 Å². The van der Waals surface area contributed by atoms with Crippen molar-refractivity contribution in [2.75, 3.05) is 18.1 Å². The Hall–Kier alpha value is -3.22. The Morgan fingerprint density at radius 1 is 1.00 bits per heavy atom. The number of nitrogens with one attached hydrogen (secondary N) is 2. The van der Waals surface area contributed by atoms with Crippen LogP contribution in [0.2, 0.25) is 0 Å². The molecule has 0 amide bonds. The first-order valence-corrected chi connectivity index (χ1v) is 9.78. The highest BCUT2D eigenvalue weighted by molar-refractivity contribution is 5.51. The fraction of sp³-hybridized carbons (Fsp3) is 0.217. The number of aromatic nitrogens is 2. The first kappa shape index (κ1) is 20.5. The summed E-state index contributed by atoms with van der Waals surface area (Å²) in [4.78, 5) is 0. The lowest BCUT2D eigenvalue weighted by atomic mass is 10.2. The first-order valence-electron chi connectivity index (χ1n) is 9.78. The number of nitrogens with zero attached hydrogens (tertiary/aromatic N) is 4. The van der Waals surface area contributed by atoms with Crippen LogP contribution in [0.25, 0.3) is 5.69 Å². The zero-order chi connectivity index (χ0) is 20.3. The highest BCUT2D eigenvalue weighted by Crippen LogP contribution is 2.16. The first-order chi connectivity index (χ1) is 14.3. The molecular formula is C23H28N6. The van der Waals surface area contributed by atoms with Gasteiger partial charge in [-0.05, 0) is 48.4 Å². The molecule has 0 bridgehead atoms. The lowest BCUT2D eigenvalue weighted by Gasteiger charge is -2.14. The summed E-state index contributed by atoms with van der Waals surface area (Å²) >= 11 is 0. The van der Waals surface area contributed by atoms with Gasteiger partial charge in [-0.2, -0.15) is 10.2 Å². The van der Waals surface area contributed by atoms with Gasteiger partial charge in [-0.3, -0.25) is 0 Å². The Morgan fingerprint density at radius 2 is 1.62 bits per heavy atom. The maximum Gasteiger partial charge on any atom is 0.0645 e. The molecule has 6 heteroatoms. The van der Waals surface area contributed by atoms with E-state index in [1.165, 1.54) is 11.1 Å². The summed E-state index contributed by atoms with van der Waals surface area (Å²) in [6, 6.07) is 18.7. The second-order valence-corrected chi connectivity index (χ2v) is 6.61. The summed E-state index contributed by atoms with van der Waals surface area (Å²) in [6.45, 7) is 9.07. The predicted molar refractivity (Wildman–Crippen MR) is 120 cm³/mol. The summed E-state index contributed by atoms with van der Waals surface area (Å²) in [5, 5.41) is 16.9. The van der Waals surface area contributed by atoms with Gasteiger partial charge in [-0.1, -0.05) is 30.3 Å². The van der Waals surface area contributed by atoms with Gasteiger partial charge < -0.3 is 10.6 Å². The molecule has 2 aromatic carbocycles. The van der Waals surface area contributed by atoms with Crippen LogP contribution in [0.5, 0.6) is 0 Å². The molecule has 0 saturated heterocycles. The molecule has 0 unspecified atom stereocenters. The van der Waals surface area contributed by atoms with Crippen LogP contribution in [0.3, 0.4) is 0 Å². The van der Waals surface area contributed by atoms with E-state index in [2.05, 4.69) is 76.1 Å². The van der Waals surface area contributed by atoms with Crippen molar-refractivity contribution in [3.8, 4) is 5.69 Å². The molecule has 0 aliphatic heterocycles. The smallest absolute Gasteiger partial charge is 0.0645 e. The summed E-state index contributed by atoms with van der Waals surface area (Å²) in [5.41, 5.74) is 4.58. The molecule has 150 valence electrons. The van der Waals surface area contributed by atoms with Gasteiger partial charge in [0.25, 0.3) is 0 Å². The van der Waals surface area contributed by atoms with Crippen LogP contribution in [0.4, 0.5) is 5.69 Å². The maximum atomic E-state index is 4.24. The van der Waals surface area contributed by atoms with Crippen molar-refractivity contribution in [1.29, 1.82) is 0 Å². The van der Waals surface area contributed by atoms with E-state index in [-0.39, 0.29) is 0 Å². The Bertz CT molecular complexity index is 882. The van der Waals surface area contributed by atoms with E-state index in [9.17, 15) is 0 Å². The average molecular weight is 389 g/mol. The van der Waals surface area contributed by atoms with Gasteiger partial charge in [0.15, 0.2) is 0 Å². The van der Waals surface area contributed by atoms with Gasteiger partial charge in [0, 0.05) is 51.5 Å². The summed E-state index contributed by atoms with van der Waals surface area (Å²) < 4.78 is 1.86. The summed E-state index contributed by atoms with van der Waals surface area (Å²) in [6.07, 6.45) is 7.55. The van der Waals surface area contributed by atoms with Gasteiger partial charge in [-0.15, -0.1) is 0 Å². The van der Waals surface area contributed by atoms with E-state index >= 15 is 0 Å². The third-order valence-electron chi connectivity index (χ3n) is 4.49. The number of allylic oxidation sites excluding steroid dienone is 1. The normalized spacial score (nSPS) is 11.1. The van der Waals surface area contributed by atoms with E-state index < -0.39 is 0 Å². The highest BCUT2D eigenvalue weighted by Gasteiger charge is 2.00. The average Bonchev–Trinajstić information content (AvgIpc) is 3.30. The number of hydrazone groups is 1. The zero-order valence-corrected chi connectivity index (χ0v) is 16.8. The number of rotatable bonds is 11. The third kappa shape index (κ3) is 6.14. The van der Waals surface area contributed by atoms with E-state index in [1.54, 1.807) is 11.2 Å². The highest BCUT2D eigenvalue weighted by atomic mass is 15.4. The van der Waals surface area contributed by atoms with Crippen molar-refractivity contribution < 1.29 is 0 Å². The second-order valence-electron chi connectivity index (χ2n) is 6.61. The Morgan fingerprint density at radius 3 is 2.14 bits per heavy atom. The third-order valence-corrected chi connectivity index (χ3v) is 4.49. The van der Waals surface area contributed by atoms with Gasteiger partial charge in [0.1, 0.15) is 0 Å². The van der Waals surface area contributed by atoms with E-state index in [1.807, 2.05) is 36.1 Å². The molecule has 0 fully saturated rings. The molecule has 0 saturated carbocycles. The SMILES string of the molecule is C=NN(C=CC)c1ccc(CNCCNCc2ccc(-n3cccn3)cc2)cc1. The second kappa shape index (κ2) is 10.9. The minimum atomic E-state index is 0.839. The van der Waals surface area contributed by atoms with Crippen molar-refractivity contribution in [2.45, 2.75) is 20.0 Å². The quantitative estimate of drug-likeness (QED) is 0.299. The van der Waals surface area contributed by atoms with E-state index in [0.29, 0.717) is 0 Å². The molecule has 0 spiro atoms.